The Bertz CT molecular complexity index is 1270. The third kappa shape index (κ3) is 5.05. The first-order valence-corrected chi connectivity index (χ1v) is 12.0. The van der Waals surface area contributed by atoms with Gasteiger partial charge in [-0.3, -0.25) is 9.59 Å². The van der Waals surface area contributed by atoms with Crippen molar-refractivity contribution < 1.29 is 29.3 Å². The maximum absolute atomic E-state index is 13.3. The fraction of sp³-hybridized carbons (Fsp3) is 0.241. The molecular weight excluding hydrogens is 458 g/mol. The number of phenolic OH excluding ortho intramolecular Hbond substituents is 1. The van der Waals surface area contributed by atoms with Crippen LogP contribution in [0.1, 0.15) is 43.0 Å². The van der Waals surface area contributed by atoms with Gasteiger partial charge in [-0.25, -0.2) is 0 Å². The number of hydrogen-bond acceptors (Lipinski definition) is 6. The van der Waals surface area contributed by atoms with Gasteiger partial charge in [0, 0.05) is 12.1 Å². The third-order valence-corrected chi connectivity index (χ3v) is 5.94. The Morgan fingerprint density at radius 2 is 1.67 bits per heavy atom. The Morgan fingerprint density at radius 1 is 0.944 bits per heavy atom. The van der Waals surface area contributed by atoms with Gasteiger partial charge in [-0.2, -0.15) is 0 Å². The van der Waals surface area contributed by atoms with Crippen molar-refractivity contribution in [1.29, 1.82) is 0 Å². The largest absolute Gasteiger partial charge is 0.507 e. The minimum atomic E-state index is -0.874. The van der Waals surface area contributed by atoms with E-state index in [9.17, 15) is 19.8 Å². The van der Waals surface area contributed by atoms with Crippen LogP contribution in [0.4, 0.5) is 0 Å². The third-order valence-electron chi connectivity index (χ3n) is 5.94. The zero-order valence-corrected chi connectivity index (χ0v) is 20.3. The van der Waals surface area contributed by atoms with Gasteiger partial charge in [-0.05, 0) is 60.9 Å². The molecule has 186 valence electrons. The molecule has 0 saturated carbocycles. The summed E-state index contributed by atoms with van der Waals surface area (Å²) in [6.45, 7) is 4.87. The van der Waals surface area contributed by atoms with Gasteiger partial charge in [0.05, 0.1) is 24.8 Å². The predicted molar refractivity (Wildman–Crippen MR) is 136 cm³/mol. The number of carbonyl (C=O) groups excluding carboxylic acids is 2. The number of likely N-dealkylation sites (tertiary alicyclic amines) is 1. The lowest BCUT2D eigenvalue weighted by Crippen LogP contribution is -2.29. The molecule has 1 unspecified atom stereocenters. The number of amides is 1. The van der Waals surface area contributed by atoms with Crippen molar-refractivity contribution in [1.82, 2.24) is 4.90 Å². The Morgan fingerprint density at radius 3 is 2.33 bits per heavy atom. The highest BCUT2D eigenvalue weighted by molar-refractivity contribution is 6.46. The molecule has 1 fully saturated rings. The van der Waals surface area contributed by atoms with Crippen LogP contribution >= 0.6 is 0 Å². The average molecular weight is 488 g/mol. The summed E-state index contributed by atoms with van der Waals surface area (Å²) in [5.74, 6) is -0.928. The summed E-state index contributed by atoms with van der Waals surface area (Å²) in [5, 5.41) is 21.5. The van der Waals surface area contributed by atoms with Crippen molar-refractivity contribution in [2.75, 3.05) is 13.2 Å². The second kappa shape index (κ2) is 11.0. The maximum Gasteiger partial charge on any atom is 0.295 e. The van der Waals surface area contributed by atoms with E-state index in [1.165, 1.54) is 11.0 Å². The van der Waals surface area contributed by atoms with Gasteiger partial charge < -0.3 is 24.6 Å². The topological polar surface area (TPSA) is 96.3 Å². The summed E-state index contributed by atoms with van der Waals surface area (Å²) in [7, 11) is 0. The molecule has 3 aromatic carbocycles. The van der Waals surface area contributed by atoms with Crippen LogP contribution in [0.15, 0.2) is 78.4 Å². The lowest BCUT2D eigenvalue weighted by atomic mass is 9.94. The molecule has 4 rings (SSSR count). The Labute approximate surface area is 210 Å². The Balaban J connectivity index is 1.82. The molecule has 1 aliphatic heterocycles. The second-order valence-electron chi connectivity index (χ2n) is 8.45. The molecule has 1 saturated heterocycles. The smallest absolute Gasteiger partial charge is 0.295 e. The van der Waals surface area contributed by atoms with Crippen LogP contribution in [0.5, 0.6) is 17.2 Å². The van der Waals surface area contributed by atoms with E-state index < -0.39 is 17.7 Å². The summed E-state index contributed by atoms with van der Waals surface area (Å²) in [6.07, 6.45) is 0.864. The molecule has 2 N–H and O–H groups in total. The van der Waals surface area contributed by atoms with Crippen LogP contribution in [0.3, 0.4) is 0 Å². The van der Waals surface area contributed by atoms with Crippen molar-refractivity contribution in [2.24, 2.45) is 0 Å². The highest BCUT2D eigenvalue weighted by atomic mass is 16.5. The summed E-state index contributed by atoms with van der Waals surface area (Å²) in [5.41, 5.74) is 1.75. The first-order valence-electron chi connectivity index (χ1n) is 12.0. The fourth-order valence-electron chi connectivity index (χ4n) is 4.23. The highest BCUT2D eigenvalue weighted by Gasteiger charge is 2.46. The number of aliphatic hydroxyl groups is 1. The van der Waals surface area contributed by atoms with Gasteiger partial charge in [0.2, 0.25) is 0 Å². The number of ether oxygens (including phenoxy) is 2. The van der Waals surface area contributed by atoms with Crippen LogP contribution in [0, 0.1) is 0 Å². The summed E-state index contributed by atoms with van der Waals surface area (Å²) < 4.78 is 11.1. The zero-order valence-electron chi connectivity index (χ0n) is 20.3. The summed E-state index contributed by atoms with van der Waals surface area (Å²) in [4.78, 5) is 27.9. The molecule has 1 heterocycles. The molecule has 7 heteroatoms. The van der Waals surface area contributed by atoms with E-state index in [1.807, 2.05) is 37.3 Å². The number of aliphatic hydroxyl groups excluding tert-OH is 1. The van der Waals surface area contributed by atoms with E-state index in [0.29, 0.717) is 30.1 Å². The van der Waals surface area contributed by atoms with Gasteiger partial charge in [0.1, 0.15) is 11.5 Å². The number of phenols is 1. The van der Waals surface area contributed by atoms with Crippen molar-refractivity contribution in [3.05, 3.63) is 95.1 Å². The van der Waals surface area contributed by atoms with Crippen LogP contribution < -0.4 is 9.47 Å². The van der Waals surface area contributed by atoms with E-state index in [4.69, 9.17) is 9.47 Å². The number of ketones is 1. The molecule has 3 aromatic rings. The summed E-state index contributed by atoms with van der Waals surface area (Å²) >= 11 is 0. The molecule has 7 nitrogen and oxygen atoms in total. The lowest BCUT2D eigenvalue weighted by molar-refractivity contribution is -0.140. The van der Waals surface area contributed by atoms with Crippen molar-refractivity contribution in [3.63, 3.8) is 0 Å². The lowest BCUT2D eigenvalue weighted by Gasteiger charge is -2.26. The van der Waals surface area contributed by atoms with Crippen molar-refractivity contribution >= 4 is 17.4 Å². The molecule has 1 amide bonds. The number of carbonyl (C=O) groups is 2. The number of Topliss-reactive ketones (excluding diaryl/α,β-unsaturated/α-hetero) is 1. The monoisotopic (exact) mass is 487 g/mol. The first kappa shape index (κ1) is 24.9. The van der Waals surface area contributed by atoms with Gasteiger partial charge >= 0.3 is 0 Å². The standard InChI is InChI=1S/C29H29NO6/c1-3-16-36-22-13-10-20(11-14-22)27(32)25-26(21-12-15-23(31)24(17-21)35-4-2)30(29(34)28(25)33)18-19-8-6-5-7-9-19/h5-15,17,26,31-32H,3-4,16,18H2,1-2H3. The number of hydrogen-bond donors (Lipinski definition) is 2. The molecule has 0 spiro atoms. The normalized spacial score (nSPS) is 16.8. The van der Waals surface area contributed by atoms with E-state index in [2.05, 4.69) is 0 Å². The number of rotatable bonds is 9. The molecule has 0 aromatic heterocycles. The Kier molecular flexibility index (Phi) is 7.59. The maximum atomic E-state index is 13.3. The molecule has 0 radical (unpaired) electrons. The van der Waals surface area contributed by atoms with Crippen LogP contribution in [-0.2, 0) is 16.1 Å². The fourth-order valence-corrected chi connectivity index (χ4v) is 4.23. The van der Waals surface area contributed by atoms with E-state index >= 15 is 0 Å². The number of benzene rings is 3. The minimum Gasteiger partial charge on any atom is -0.507 e. The molecule has 0 aliphatic carbocycles. The number of aromatic hydroxyl groups is 1. The second-order valence-corrected chi connectivity index (χ2v) is 8.45. The summed E-state index contributed by atoms with van der Waals surface area (Å²) in [6, 6.07) is 19.9. The van der Waals surface area contributed by atoms with Crippen LogP contribution in [0.2, 0.25) is 0 Å². The molecule has 0 bridgehead atoms. The first-order chi connectivity index (χ1) is 17.4. The highest BCUT2D eigenvalue weighted by Crippen LogP contribution is 2.42. The molecule has 1 atom stereocenters. The van der Waals surface area contributed by atoms with Crippen LogP contribution in [0.25, 0.3) is 5.76 Å². The van der Waals surface area contributed by atoms with Gasteiger partial charge in [-0.1, -0.05) is 43.3 Å². The predicted octanol–water partition coefficient (Wildman–Crippen LogP) is 5.20. The van der Waals surface area contributed by atoms with E-state index in [0.717, 1.165) is 12.0 Å². The van der Waals surface area contributed by atoms with E-state index in [-0.39, 0.29) is 29.4 Å². The minimum absolute atomic E-state index is 0.0219. The van der Waals surface area contributed by atoms with Gasteiger partial charge in [-0.15, -0.1) is 0 Å². The van der Waals surface area contributed by atoms with Gasteiger partial charge in [0.25, 0.3) is 11.7 Å². The van der Waals surface area contributed by atoms with Crippen molar-refractivity contribution in [3.8, 4) is 17.2 Å². The SMILES string of the molecule is CCCOc1ccc(C(O)=C2C(=O)C(=O)N(Cc3ccccc3)C2c2ccc(O)c(OCC)c2)cc1. The van der Waals surface area contributed by atoms with Gasteiger partial charge in [0.15, 0.2) is 11.5 Å². The zero-order chi connectivity index (χ0) is 25.7. The molecule has 36 heavy (non-hydrogen) atoms. The van der Waals surface area contributed by atoms with Crippen molar-refractivity contribution in [2.45, 2.75) is 32.9 Å². The van der Waals surface area contributed by atoms with Crippen LogP contribution in [-0.4, -0.2) is 40.0 Å². The average Bonchev–Trinajstić information content (AvgIpc) is 3.14. The quantitative estimate of drug-likeness (QED) is 0.245. The Hall–Kier alpha value is -4.26. The molecular formula is C29H29NO6. The van der Waals surface area contributed by atoms with E-state index in [1.54, 1.807) is 43.3 Å². The molecule has 1 aliphatic rings. The number of nitrogens with zero attached hydrogens (tertiary/aromatic N) is 1.